The lowest BCUT2D eigenvalue weighted by Crippen LogP contribution is -2.50. The molecular formula is C10H16BFN2. The summed E-state index contributed by atoms with van der Waals surface area (Å²) in [6.07, 6.45) is 0.489. The van der Waals surface area contributed by atoms with Gasteiger partial charge < -0.3 is 4.90 Å². The molecule has 3 unspecified atom stereocenters. The number of hydrogen-bond donors (Lipinski definition) is 0. The van der Waals surface area contributed by atoms with Crippen LogP contribution in [0.5, 0.6) is 0 Å². The Morgan fingerprint density at radius 3 is 2.93 bits per heavy atom. The van der Waals surface area contributed by atoms with E-state index in [1.54, 1.807) is 0 Å². The number of nitrogens with zero attached hydrogens (tertiary/aromatic N) is 2. The van der Waals surface area contributed by atoms with E-state index in [4.69, 9.17) is 7.85 Å². The molecule has 0 aromatic carbocycles. The Morgan fingerprint density at radius 1 is 1.64 bits per heavy atom. The van der Waals surface area contributed by atoms with Gasteiger partial charge in [0.05, 0.1) is 11.7 Å². The summed E-state index contributed by atoms with van der Waals surface area (Å²) >= 11 is 0. The van der Waals surface area contributed by atoms with Crippen LogP contribution in [0.2, 0.25) is 0 Å². The highest BCUT2D eigenvalue weighted by Gasteiger charge is 2.45. The van der Waals surface area contributed by atoms with Crippen LogP contribution < -0.4 is 0 Å². The molecule has 0 amide bonds. The van der Waals surface area contributed by atoms with E-state index < -0.39 is 5.57 Å². The minimum absolute atomic E-state index is 0.105. The van der Waals surface area contributed by atoms with Crippen molar-refractivity contribution in [3.63, 3.8) is 0 Å². The van der Waals surface area contributed by atoms with Crippen molar-refractivity contribution in [1.82, 2.24) is 9.80 Å². The molecule has 2 saturated heterocycles. The van der Waals surface area contributed by atoms with Gasteiger partial charge in [-0.25, -0.2) is 0 Å². The van der Waals surface area contributed by atoms with Crippen molar-refractivity contribution in [1.29, 1.82) is 0 Å². The van der Waals surface area contributed by atoms with E-state index in [0.717, 1.165) is 12.2 Å². The van der Waals surface area contributed by atoms with Crippen LogP contribution >= 0.6 is 0 Å². The second-order valence-corrected chi connectivity index (χ2v) is 4.68. The molecule has 2 radical (unpaired) electrons. The molecule has 0 aromatic rings. The third-order valence-corrected chi connectivity index (χ3v) is 3.32. The normalized spacial score (nSPS) is 44.2. The van der Waals surface area contributed by atoms with E-state index in [0.29, 0.717) is 12.3 Å². The van der Waals surface area contributed by atoms with E-state index >= 15 is 0 Å². The Labute approximate surface area is 86.2 Å². The summed E-state index contributed by atoms with van der Waals surface area (Å²) in [5, 5.41) is 0. The summed E-state index contributed by atoms with van der Waals surface area (Å²) in [5.74, 6) is 0.394. The van der Waals surface area contributed by atoms with Crippen LogP contribution in [0.3, 0.4) is 0 Å². The molecule has 76 valence electrons. The third-order valence-electron chi connectivity index (χ3n) is 3.32. The SMILES string of the molecule is [B]C1(F)CC2N(C)CC(C)C(=C)N2C1. The minimum atomic E-state index is -1.55. The summed E-state index contributed by atoms with van der Waals surface area (Å²) in [4.78, 5) is 4.17. The molecule has 14 heavy (non-hydrogen) atoms. The van der Waals surface area contributed by atoms with Gasteiger partial charge in [-0.1, -0.05) is 13.5 Å². The van der Waals surface area contributed by atoms with Gasteiger partial charge in [-0.15, -0.1) is 0 Å². The predicted octanol–water partition coefficient (Wildman–Crippen LogP) is 0.948. The predicted molar refractivity (Wildman–Crippen MR) is 55.6 cm³/mol. The molecule has 0 saturated carbocycles. The molecule has 2 nitrogen and oxygen atoms in total. The lowest BCUT2D eigenvalue weighted by molar-refractivity contribution is 0.0652. The number of hydrogen-bond acceptors (Lipinski definition) is 2. The maximum atomic E-state index is 13.7. The molecule has 2 rings (SSSR count). The van der Waals surface area contributed by atoms with Gasteiger partial charge in [-0.2, -0.15) is 0 Å². The van der Waals surface area contributed by atoms with Crippen LogP contribution in [0.25, 0.3) is 0 Å². The zero-order valence-corrected chi connectivity index (χ0v) is 8.83. The van der Waals surface area contributed by atoms with Crippen LogP contribution in [-0.2, 0) is 0 Å². The number of fused-ring (bicyclic) bond motifs is 1. The Balaban J connectivity index is 2.22. The molecule has 0 aliphatic carbocycles. The Kier molecular flexibility index (Phi) is 2.14. The maximum Gasteiger partial charge on any atom is 0.124 e. The number of alkyl halides is 1. The lowest BCUT2D eigenvalue weighted by Gasteiger charge is -2.43. The zero-order chi connectivity index (χ0) is 10.5. The topological polar surface area (TPSA) is 6.48 Å². The number of rotatable bonds is 0. The van der Waals surface area contributed by atoms with Gasteiger partial charge in [0.2, 0.25) is 0 Å². The van der Waals surface area contributed by atoms with Crippen LogP contribution in [0, 0.1) is 5.92 Å². The first-order valence-electron chi connectivity index (χ1n) is 5.04. The Hall–Kier alpha value is -0.505. The standard InChI is InChI=1S/C10H16BFN2/c1-7-5-13(3)9-4-10(11,12)6-14(9)8(7)2/h7,9H,2,4-6H2,1,3H3. The lowest BCUT2D eigenvalue weighted by atomic mass is 9.82. The van der Waals surface area contributed by atoms with Crippen molar-refractivity contribution in [2.24, 2.45) is 5.92 Å². The first-order chi connectivity index (χ1) is 6.41. The molecule has 2 heterocycles. The summed E-state index contributed by atoms with van der Waals surface area (Å²) in [6.45, 7) is 7.35. The van der Waals surface area contributed by atoms with Gasteiger partial charge in [0.1, 0.15) is 7.85 Å². The summed E-state index contributed by atoms with van der Waals surface area (Å²) < 4.78 is 13.7. The quantitative estimate of drug-likeness (QED) is 0.529. The van der Waals surface area contributed by atoms with Crippen molar-refractivity contribution in [3.8, 4) is 0 Å². The van der Waals surface area contributed by atoms with Crippen molar-refractivity contribution in [2.75, 3.05) is 20.1 Å². The van der Waals surface area contributed by atoms with Gasteiger partial charge in [0.15, 0.2) is 0 Å². The smallest absolute Gasteiger partial charge is 0.124 e. The summed E-state index contributed by atoms with van der Waals surface area (Å²) in [6, 6.07) is 0. The molecule has 2 fully saturated rings. The van der Waals surface area contributed by atoms with Gasteiger partial charge in [-0.05, 0) is 7.05 Å². The molecule has 2 aliphatic heterocycles. The first-order valence-corrected chi connectivity index (χ1v) is 5.04. The van der Waals surface area contributed by atoms with E-state index in [1.165, 1.54) is 0 Å². The number of halogens is 1. The van der Waals surface area contributed by atoms with E-state index in [-0.39, 0.29) is 12.7 Å². The van der Waals surface area contributed by atoms with Gasteiger partial charge >= 0.3 is 0 Å². The minimum Gasteiger partial charge on any atom is -0.357 e. The van der Waals surface area contributed by atoms with Crippen LogP contribution in [0.1, 0.15) is 13.3 Å². The van der Waals surface area contributed by atoms with E-state index in [1.807, 2.05) is 11.9 Å². The average molecular weight is 194 g/mol. The highest BCUT2D eigenvalue weighted by atomic mass is 19.1. The molecule has 2 aliphatic rings. The van der Waals surface area contributed by atoms with E-state index in [9.17, 15) is 4.39 Å². The van der Waals surface area contributed by atoms with Crippen LogP contribution in [-0.4, -0.2) is 49.5 Å². The fourth-order valence-electron chi connectivity index (χ4n) is 2.50. The highest BCUT2D eigenvalue weighted by molar-refractivity contribution is 6.14. The largest absolute Gasteiger partial charge is 0.357 e. The second-order valence-electron chi connectivity index (χ2n) is 4.68. The third kappa shape index (κ3) is 1.46. The molecule has 3 atom stereocenters. The monoisotopic (exact) mass is 194 g/mol. The Bertz CT molecular complexity index is 267. The maximum absolute atomic E-state index is 13.7. The summed E-state index contributed by atoms with van der Waals surface area (Å²) in [5.41, 5.74) is -0.524. The van der Waals surface area contributed by atoms with Gasteiger partial charge in [-0.3, -0.25) is 9.29 Å². The average Bonchev–Trinajstić information content (AvgIpc) is 2.38. The fourth-order valence-corrected chi connectivity index (χ4v) is 2.50. The van der Waals surface area contributed by atoms with Crippen LogP contribution in [0.4, 0.5) is 4.39 Å². The van der Waals surface area contributed by atoms with Crippen molar-refractivity contribution in [3.05, 3.63) is 12.3 Å². The Morgan fingerprint density at radius 2 is 2.29 bits per heavy atom. The van der Waals surface area contributed by atoms with Crippen molar-refractivity contribution < 1.29 is 4.39 Å². The van der Waals surface area contributed by atoms with E-state index in [2.05, 4.69) is 18.4 Å². The van der Waals surface area contributed by atoms with Gasteiger partial charge in [0.25, 0.3) is 0 Å². The fraction of sp³-hybridized carbons (Fsp3) is 0.800. The molecule has 4 heteroatoms. The molecule has 0 bridgehead atoms. The first kappa shape index (κ1) is 10.0. The second kappa shape index (κ2) is 2.99. The van der Waals surface area contributed by atoms with Gasteiger partial charge in [0, 0.05) is 31.1 Å². The highest BCUT2D eigenvalue weighted by Crippen LogP contribution is 2.37. The zero-order valence-electron chi connectivity index (χ0n) is 8.83. The molecular weight excluding hydrogens is 178 g/mol. The molecule has 0 N–H and O–H groups in total. The molecule has 0 spiro atoms. The van der Waals surface area contributed by atoms with Crippen molar-refractivity contribution in [2.45, 2.75) is 25.1 Å². The van der Waals surface area contributed by atoms with Crippen LogP contribution in [0.15, 0.2) is 12.3 Å². The van der Waals surface area contributed by atoms with Crippen molar-refractivity contribution >= 4 is 7.85 Å². The molecule has 0 aromatic heterocycles. The summed E-state index contributed by atoms with van der Waals surface area (Å²) in [7, 11) is 7.55.